The number of carbonyl (C=O) groups excluding carboxylic acids is 1. The largest absolute Gasteiger partial charge is 1.00 e. The number of benzene rings is 1. The number of carbonyl (C=O) groups is 1. The third kappa shape index (κ3) is 5.61. The molecule has 0 radical (unpaired) electrons. The van der Waals surface area contributed by atoms with Crippen LogP contribution in [0.3, 0.4) is 0 Å². The number of rotatable bonds is 4. The zero-order valence-corrected chi connectivity index (χ0v) is 12.6. The van der Waals surface area contributed by atoms with Crippen molar-refractivity contribution in [3.8, 4) is 0 Å². The molecule has 0 aromatic heterocycles. The van der Waals surface area contributed by atoms with Gasteiger partial charge in [-0.2, -0.15) is 0 Å². The monoisotopic (exact) mass is 333 g/mol. The minimum atomic E-state index is 0. The van der Waals surface area contributed by atoms with Gasteiger partial charge in [0.2, 0.25) is 0 Å². The molecule has 0 saturated heterocycles. The van der Waals surface area contributed by atoms with E-state index in [0.29, 0.717) is 6.42 Å². The fraction of sp³-hybridized carbons (Fsp3) is 0.462. The van der Waals surface area contributed by atoms with Crippen LogP contribution in [0.4, 0.5) is 0 Å². The van der Waals surface area contributed by atoms with Crippen LogP contribution in [0.2, 0.25) is 0 Å². The first-order chi connectivity index (χ1) is 6.88. The Morgan fingerprint density at radius 2 is 1.88 bits per heavy atom. The van der Waals surface area contributed by atoms with Gasteiger partial charge < -0.3 is 28.5 Å². The first kappa shape index (κ1) is 15.6. The van der Waals surface area contributed by atoms with E-state index in [1.54, 1.807) is 0 Å². The summed E-state index contributed by atoms with van der Waals surface area (Å²) in [5.41, 5.74) is 1.98. The van der Waals surface area contributed by atoms with E-state index in [1.807, 2.05) is 31.2 Å². The average molecular weight is 333 g/mol. The highest BCUT2D eigenvalue weighted by Gasteiger charge is 2.12. The Bertz CT molecular complexity index is 355. The highest BCUT2D eigenvalue weighted by molar-refractivity contribution is 5.96. The van der Waals surface area contributed by atoms with E-state index in [4.69, 9.17) is 0 Å². The van der Waals surface area contributed by atoms with Crippen molar-refractivity contribution in [3.63, 3.8) is 0 Å². The molecule has 0 aliphatic carbocycles. The molecule has 1 rings (SSSR count). The van der Waals surface area contributed by atoms with E-state index in [1.165, 1.54) is 0 Å². The summed E-state index contributed by atoms with van der Waals surface area (Å²) in [4.78, 5) is 11.8. The predicted octanol–water partition coefficient (Wildman–Crippen LogP) is -0.722. The number of aryl methyl sites for hydroxylation is 1. The lowest BCUT2D eigenvalue weighted by molar-refractivity contribution is -0.869. The first-order valence-electron chi connectivity index (χ1n) is 5.29. The molecule has 90 valence electrons. The molecule has 0 saturated carbocycles. The van der Waals surface area contributed by atoms with Gasteiger partial charge in [0, 0.05) is 5.56 Å². The van der Waals surface area contributed by atoms with Crippen LogP contribution in [0.25, 0.3) is 0 Å². The normalized spacial score (nSPS) is 10.8. The van der Waals surface area contributed by atoms with Gasteiger partial charge in [-0.3, -0.25) is 4.79 Å². The number of quaternary nitrogens is 1. The van der Waals surface area contributed by atoms with Crippen molar-refractivity contribution < 1.29 is 33.3 Å². The van der Waals surface area contributed by atoms with Crippen molar-refractivity contribution in [2.45, 2.75) is 13.3 Å². The maximum Gasteiger partial charge on any atom is 0.168 e. The summed E-state index contributed by atoms with van der Waals surface area (Å²) in [6.45, 7) is 2.89. The Morgan fingerprint density at radius 3 is 2.38 bits per heavy atom. The number of hydrogen-bond donors (Lipinski definition) is 0. The molecule has 16 heavy (non-hydrogen) atoms. The van der Waals surface area contributed by atoms with Crippen molar-refractivity contribution >= 4 is 5.78 Å². The standard InChI is InChI=1S/C13H20NO.HI/c1-11-6-5-7-12(10-11)13(15)8-9-14(2,3)4;/h5-7,10H,8-9H2,1-4H3;1H/q+1;/p-1. The number of ketones is 1. The average Bonchev–Trinajstić information content (AvgIpc) is 2.13. The van der Waals surface area contributed by atoms with Gasteiger partial charge in [-0.15, -0.1) is 0 Å². The van der Waals surface area contributed by atoms with Gasteiger partial charge in [-0.1, -0.05) is 23.8 Å². The maximum atomic E-state index is 11.8. The highest BCUT2D eigenvalue weighted by Crippen LogP contribution is 2.08. The summed E-state index contributed by atoms with van der Waals surface area (Å²) in [7, 11) is 6.30. The fourth-order valence-corrected chi connectivity index (χ4v) is 1.40. The lowest BCUT2D eigenvalue weighted by atomic mass is 10.1. The summed E-state index contributed by atoms with van der Waals surface area (Å²) < 4.78 is 0.831. The zero-order chi connectivity index (χ0) is 11.5. The van der Waals surface area contributed by atoms with Crippen molar-refractivity contribution in [1.82, 2.24) is 0 Å². The molecule has 0 aliphatic rings. The molecular weight excluding hydrogens is 313 g/mol. The first-order valence-corrected chi connectivity index (χ1v) is 5.29. The Labute approximate surface area is 115 Å². The number of hydrogen-bond acceptors (Lipinski definition) is 1. The topological polar surface area (TPSA) is 17.1 Å². The van der Waals surface area contributed by atoms with Crippen LogP contribution in [0.15, 0.2) is 24.3 Å². The molecule has 0 bridgehead atoms. The molecular formula is C13H20INO. The Balaban J connectivity index is 0.00000225. The van der Waals surface area contributed by atoms with Crippen molar-refractivity contribution in [3.05, 3.63) is 35.4 Å². The molecule has 1 aromatic carbocycles. The molecule has 0 heterocycles. The van der Waals surface area contributed by atoms with Gasteiger partial charge in [0.05, 0.1) is 34.1 Å². The van der Waals surface area contributed by atoms with E-state index in [0.717, 1.165) is 22.2 Å². The van der Waals surface area contributed by atoms with E-state index < -0.39 is 0 Å². The van der Waals surface area contributed by atoms with E-state index in [-0.39, 0.29) is 29.8 Å². The third-order valence-corrected chi connectivity index (χ3v) is 2.35. The van der Waals surface area contributed by atoms with Crippen LogP contribution in [-0.4, -0.2) is 38.0 Å². The van der Waals surface area contributed by atoms with E-state index in [9.17, 15) is 4.79 Å². The molecule has 0 spiro atoms. The smallest absolute Gasteiger partial charge is 0.168 e. The van der Waals surface area contributed by atoms with E-state index >= 15 is 0 Å². The van der Waals surface area contributed by atoms with Gasteiger partial charge in [-0.05, 0) is 13.0 Å². The minimum absolute atomic E-state index is 0. The molecule has 0 aliphatic heterocycles. The molecule has 0 atom stereocenters. The fourth-order valence-electron chi connectivity index (χ4n) is 1.40. The Hall–Kier alpha value is -0.420. The number of halogens is 1. The van der Waals surface area contributed by atoms with Crippen molar-refractivity contribution in [2.75, 3.05) is 27.7 Å². The Morgan fingerprint density at radius 1 is 1.25 bits per heavy atom. The maximum absolute atomic E-state index is 11.8. The van der Waals surface area contributed by atoms with Crippen LogP contribution in [-0.2, 0) is 0 Å². The van der Waals surface area contributed by atoms with Gasteiger partial charge in [0.1, 0.15) is 0 Å². The van der Waals surface area contributed by atoms with E-state index in [2.05, 4.69) is 21.1 Å². The van der Waals surface area contributed by atoms with Crippen LogP contribution in [0.1, 0.15) is 22.3 Å². The lowest BCUT2D eigenvalue weighted by Crippen LogP contribution is -3.00. The van der Waals surface area contributed by atoms with Crippen molar-refractivity contribution in [1.29, 1.82) is 0 Å². The second-order valence-electron chi connectivity index (χ2n) is 5.06. The lowest BCUT2D eigenvalue weighted by Gasteiger charge is -2.23. The number of Topliss-reactive ketones (excluding diaryl/α,β-unsaturated/α-hetero) is 1. The second kappa shape index (κ2) is 6.35. The third-order valence-electron chi connectivity index (χ3n) is 2.35. The molecule has 0 fully saturated rings. The summed E-state index contributed by atoms with van der Waals surface area (Å²) in [5, 5.41) is 0. The molecule has 3 heteroatoms. The SMILES string of the molecule is Cc1cccc(C(=O)CC[N+](C)(C)C)c1.[I-]. The quantitative estimate of drug-likeness (QED) is 0.404. The molecule has 1 aromatic rings. The molecule has 0 N–H and O–H groups in total. The zero-order valence-electron chi connectivity index (χ0n) is 10.5. The van der Waals surface area contributed by atoms with Crippen molar-refractivity contribution in [2.24, 2.45) is 0 Å². The van der Waals surface area contributed by atoms with Gasteiger partial charge >= 0.3 is 0 Å². The second-order valence-corrected chi connectivity index (χ2v) is 5.06. The van der Waals surface area contributed by atoms with Crippen LogP contribution >= 0.6 is 0 Å². The van der Waals surface area contributed by atoms with Gasteiger partial charge in [0.25, 0.3) is 0 Å². The predicted molar refractivity (Wildman–Crippen MR) is 63.0 cm³/mol. The summed E-state index contributed by atoms with van der Waals surface area (Å²) in [5.74, 6) is 0.242. The molecule has 0 unspecified atom stereocenters. The minimum Gasteiger partial charge on any atom is -1.00 e. The summed E-state index contributed by atoms with van der Waals surface area (Å²) >= 11 is 0. The van der Waals surface area contributed by atoms with Crippen LogP contribution in [0, 0.1) is 6.92 Å². The Kier molecular flexibility index (Phi) is 6.18. The molecule has 2 nitrogen and oxygen atoms in total. The van der Waals surface area contributed by atoms with Crippen LogP contribution < -0.4 is 24.0 Å². The number of nitrogens with zero attached hydrogens (tertiary/aromatic N) is 1. The van der Waals surface area contributed by atoms with Crippen LogP contribution in [0.5, 0.6) is 0 Å². The van der Waals surface area contributed by atoms with Gasteiger partial charge in [-0.25, -0.2) is 0 Å². The molecule has 0 amide bonds. The summed E-state index contributed by atoms with van der Waals surface area (Å²) in [6, 6.07) is 7.80. The summed E-state index contributed by atoms with van der Waals surface area (Å²) in [6.07, 6.45) is 0.618. The van der Waals surface area contributed by atoms with Gasteiger partial charge in [0.15, 0.2) is 5.78 Å². The highest BCUT2D eigenvalue weighted by atomic mass is 127.